The molecular formula is C20H18N4O5. The maximum atomic E-state index is 5.70. The summed E-state index contributed by atoms with van der Waals surface area (Å²) in [5.74, 6) is 3.55. The van der Waals surface area contributed by atoms with Gasteiger partial charge in [-0.15, -0.1) is 10.2 Å². The van der Waals surface area contributed by atoms with Crippen molar-refractivity contribution < 1.29 is 23.2 Å². The van der Waals surface area contributed by atoms with Gasteiger partial charge < -0.3 is 23.2 Å². The number of benzene rings is 2. The van der Waals surface area contributed by atoms with Gasteiger partial charge in [0.15, 0.2) is 0 Å². The van der Waals surface area contributed by atoms with Gasteiger partial charge >= 0.3 is 0 Å². The van der Waals surface area contributed by atoms with E-state index in [0.29, 0.717) is 40.6 Å². The van der Waals surface area contributed by atoms with Crippen LogP contribution in [-0.4, -0.2) is 41.7 Å². The lowest BCUT2D eigenvalue weighted by atomic mass is 10.2. The second kappa shape index (κ2) is 8.01. The number of hydrogen-bond donors (Lipinski definition) is 0. The van der Waals surface area contributed by atoms with Crippen LogP contribution in [0.3, 0.4) is 0 Å². The molecule has 0 fully saturated rings. The molecule has 2 aromatic heterocycles. The fraction of sp³-hybridized carbons (Fsp3) is 0.200. The first-order valence-electron chi connectivity index (χ1n) is 8.71. The van der Waals surface area contributed by atoms with Crippen LogP contribution in [0.5, 0.6) is 17.2 Å². The first-order valence-corrected chi connectivity index (χ1v) is 8.71. The number of nitrogens with zero attached hydrogens (tertiary/aromatic N) is 4. The summed E-state index contributed by atoms with van der Waals surface area (Å²) < 4.78 is 26.7. The largest absolute Gasteiger partial charge is 0.497 e. The summed E-state index contributed by atoms with van der Waals surface area (Å²) in [5, 5.41) is 12.1. The fourth-order valence-corrected chi connectivity index (χ4v) is 2.69. The number of hydrogen-bond acceptors (Lipinski definition) is 9. The van der Waals surface area contributed by atoms with Gasteiger partial charge in [-0.05, 0) is 36.4 Å². The van der Waals surface area contributed by atoms with E-state index in [0.717, 1.165) is 11.3 Å². The number of rotatable bonds is 7. The van der Waals surface area contributed by atoms with Crippen molar-refractivity contribution in [2.24, 2.45) is 0 Å². The summed E-state index contributed by atoms with van der Waals surface area (Å²) in [6.07, 6.45) is 0.220. The predicted molar refractivity (Wildman–Crippen MR) is 102 cm³/mol. The zero-order valence-electron chi connectivity index (χ0n) is 16.1. The third-order valence-corrected chi connectivity index (χ3v) is 4.18. The van der Waals surface area contributed by atoms with Gasteiger partial charge in [0.1, 0.15) is 23.7 Å². The SMILES string of the molecule is COc1ccc(-c2nnc(Cc3nc(-c4cc(OC)cc(OC)c4)no3)o2)cc1. The molecule has 0 atom stereocenters. The van der Waals surface area contributed by atoms with Gasteiger partial charge in [0.05, 0.1) is 21.3 Å². The molecule has 4 aromatic rings. The van der Waals surface area contributed by atoms with E-state index in [1.54, 1.807) is 39.5 Å². The van der Waals surface area contributed by atoms with Crippen molar-refractivity contribution in [3.8, 4) is 40.1 Å². The van der Waals surface area contributed by atoms with Crippen molar-refractivity contribution in [2.45, 2.75) is 6.42 Å². The van der Waals surface area contributed by atoms with Crippen molar-refractivity contribution in [1.82, 2.24) is 20.3 Å². The predicted octanol–water partition coefficient (Wildman–Crippen LogP) is 3.40. The molecule has 0 radical (unpaired) electrons. The van der Waals surface area contributed by atoms with Crippen molar-refractivity contribution in [3.63, 3.8) is 0 Å². The third-order valence-electron chi connectivity index (χ3n) is 4.18. The van der Waals surface area contributed by atoms with Crippen LogP contribution in [-0.2, 0) is 6.42 Å². The van der Waals surface area contributed by atoms with E-state index < -0.39 is 0 Å². The maximum Gasteiger partial charge on any atom is 0.247 e. The quantitative estimate of drug-likeness (QED) is 0.466. The zero-order valence-corrected chi connectivity index (χ0v) is 16.1. The summed E-state index contributed by atoms with van der Waals surface area (Å²) in [5.41, 5.74) is 1.50. The Morgan fingerprint density at radius 3 is 2.10 bits per heavy atom. The fourth-order valence-electron chi connectivity index (χ4n) is 2.69. The van der Waals surface area contributed by atoms with E-state index in [1.807, 2.05) is 24.3 Å². The van der Waals surface area contributed by atoms with Crippen LogP contribution >= 0.6 is 0 Å². The molecule has 4 rings (SSSR count). The van der Waals surface area contributed by atoms with Crippen LogP contribution in [0.4, 0.5) is 0 Å². The minimum absolute atomic E-state index is 0.220. The van der Waals surface area contributed by atoms with Gasteiger partial charge in [-0.1, -0.05) is 5.16 Å². The van der Waals surface area contributed by atoms with E-state index in [9.17, 15) is 0 Å². The summed E-state index contributed by atoms with van der Waals surface area (Å²) in [7, 11) is 4.77. The standard InChI is InChI=1S/C20H18N4O5/c1-25-14-6-4-12(5-7-14)20-23-22-18(28-20)11-17-21-19(24-29-17)13-8-15(26-2)10-16(9-13)27-3/h4-10H,11H2,1-3H3. The molecule has 0 saturated carbocycles. The summed E-state index contributed by atoms with van der Waals surface area (Å²) in [6, 6.07) is 12.7. The molecule has 0 saturated heterocycles. The van der Waals surface area contributed by atoms with Gasteiger partial charge in [0, 0.05) is 17.2 Å². The molecule has 0 aliphatic carbocycles. The second-order valence-electron chi connectivity index (χ2n) is 6.02. The van der Waals surface area contributed by atoms with Crippen LogP contribution in [0.25, 0.3) is 22.8 Å². The van der Waals surface area contributed by atoms with Crippen LogP contribution in [0.15, 0.2) is 51.4 Å². The lowest BCUT2D eigenvalue weighted by Gasteiger charge is -2.05. The maximum absolute atomic E-state index is 5.70. The molecule has 0 aliphatic heterocycles. The molecule has 29 heavy (non-hydrogen) atoms. The monoisotopic (exact) mass is 394 g/mol. The third kappa shape index (κ3) is 4.03. The summed E-state index contributed by atoms with van der Waals surface area (Å²) in [4.78, 5) is 4.40. The molecule has 2 aromatic carbocycles. The molecule has 0 unspecified atom stereocenters. The van der Waals surface area contributed by atoms with Crippen LogP contribution < -0.4 is 14.2 Å². The minimum Gasteiger partial charge on any atom is -0.497 e. The van der Waals surface area contributed by atoms with E-state index in [4.69, 9.17) is 23.2 Å². The molecule has 0 N–H and O–H groups in total. The topological polar surface area (TPSA) is 106 Å². The Balaban J connectivity index is 1.52. The van der Waals surface area contributed by atoms with Crippen molar-refractivity contribution >= 4 is 0 Å². The molecule has 9 nitrogen and oxygen atoms in total. The van der Waals surface area contributed by atoms with Crippen LogP contribution in [0.1, 0.15) is 11.8 Å². The van der Waals surface area contributed by atoms with E-state index >= 15 is 0 Å². The summed E-state index contributed by atoms with van der Waals surface area (Å²) in [6.45, 7) is 0. The Hall–Kier alpha value is -3.88. The van der Waals surface area contributed by atoms with Gasteiger partial charge in [0.25, 0.3) is 0 Å². The van der Waals surface area contributed by atoms with Gasteiger partial charge in [0.2, 0.25) is 23.5 Å². The molecule has 0 spiro atoms. The van der Waals surface area contributed by atoms with Crippen molar-refractivity contribution in [2.75, 3.05) is 21.3 Å². The molecule has 148 valence electrons. The first-order chi connectivity index (χ1) is 14.2. The van der Waals surface area contributed by atoms with E-state index in [-0.39, 0.29) is 6.42 Å². The van der Waals surface area contributed by atoms with Crippen LogP contribution in [0, 0.1) is 0 Å². The smallest absolute Gasteiger partial charge is 0.247 e. The number of aromatic nitrogens is 4. The lowest BCUT2D eigenvalue weighted by Crippen LogP contribution is -1.91. The average molecular weight is 394 g/mol. The highest BCUT2D eigenvalue weighted by Gasteiger charge is 2.15. The highest BCUT2D eigenvalue weighted by Crippen LogP contribution is 2.28. The van der Waals surface area contributed by atoms with Crippen molar-refractivity contribution in [1.29, 1.82) is 0 Å². The Kier molecular flexibility index (Phi) is 5.10. The molecule has 0 amide bonds. The Labute approximate surface area is 166 Å². The van der Waals surface area contributed by atoms with Gasteiger partial charge in [-0.2, -0.15) is 4.98 Å². The number of methoxy groups -OCH3 is 3. The lowest BCUT2D eigenvalue weighted by molar-refractivity contribution is 0.373. The highest BCUT2D eigenvalue weighted by molar-refractivity contribution is 5.60. The molecule has 9 heteroatoms. The molecule has 0 aliphatic rings. The Morgan fingerprint density at radius 2 is 1.45 bits per heavy atom. The van der Waals surface area contributed by atoms with Gasteiger partial charge in [-0.25, -0.2) is 0 Å². The Bertz CT molecular complexity index is 1080. The molecular weight excluding hydrogens is 376 g/mol. The average Bonchev–Trinajstić information content (AvgIpc) is 3.43. The molecule has 0 bridgehead atoms. The second-order valence-corrected chi connectivity index (χ2v) is 6.02. The van der Waals surface area contributed by atoms with Crippen LogP contribution in [0.2, 0.25) is 0 Å². The molecule has 2 heterocycles. The van der Waals surface area contributed by atoms with Crippen molar-refractivity contribution in [3.05, 3.63) is 54.2 Å². The van der Waals surface area contributed by atoms with Gasteiger partial charge in [-0.3, -0.25) is 0 Å². The Morgan fingerprint density at radius 1 is 0.759 bits per heavy atom. The zero-order chi connectivity index (χ0) is 20.2. The minimum atomic E-state index is 0.220. The van der Waals surface area contributed by atoms with E-state index in [1.165, 1.54) is 0 Å². The first kappa shape index (κ1) is 18.5. The normalized spacial score (nSPS) is 10.7. The highest BCUT2D eigenvalue weighted by atomic mass is 16.5. The summed E-state index contributed by atoms with van der Waals surface area (Å²) >= 11 is 0. The van der Waals surface area contributed by atoms with E-state index in [2.05, 4.69) is 20.3 Å². The number of ether oxygens (including phenoxy) is 3.